The van der Waals surface area contributed by atoms with Crippen LogP contribution in [0.3, 0.4) is 0 Å². The van der Waals surface area contributed by atoms with E-state index < -0.39 is 22.7 Å². The second-order valence-electron chi connectivity index (χ2n) is 26.3. The first-order valence-corrected chi connectivity index (χ1v) is 34.0. The lowest BCUT2D eigenvalue weighted by Crippen LogP contribution is -2.29. The number of carbonyl (C=O) groups excluding carboxylic acids is 4. The fraction of sp³-hybridized carbons (Fsp3) is 0.106. The fourth-order valence-electron chi connectivity index (χ4n) is 14.1. The quantitative estimate of drug-likeness (QED) is 0.0582. The smallest absolute Gasteiger partial charge is 0.327 e. The fourth-order valence-corrected chi connectivity index (χ4v) is 14.1. The van der Waals surface area contributed by atoms with Gasteiger partial charge in [-0.05, 0) is 148 Å². The number of fused-ring (bicyclic) bond motifs is 4. The molecule has 0 unspecified atom stereocenters. The van der Waals surface area contributed by atoms with Crippen LogP contribution in [0.5, 0.6) is 23.5 Å². The molecule has 0 bridgehead atoms. The Morgan fingerprint density at radius 3 is 1.12 bits per heavy atom. The molecule has 2 aliphatic rings. The van der Waals surface area contributed by atoms with Crippen LogP contribution in [0.1, 0.15) is 109 Å². The van der Waals surface area contributed by atoms with E-state index in [1.807, 2.05) is 114 Å². The summed E-state index contributed by atoms with van der Waals surface area (Å²) in [7, 11) is 3.23. The second kappa shape index (κ2) is 26.3. The van der Waals surface area contributed by atoms with Gasteiger partial charge in [0, 0.05) is 81.0 Å². The maximum absolute atomic E-state index is 15.0. The molecule has 0 saturated heterocycles. The Bertz CT molecular complexity index is 5840. The van der Waals surface area contributed by atoms with Crippen LogP contribution in [0.4, 0.5) is 46.0 Å². The van der Waals surface area contributed by atoms with Crippen molar-refractivity contribution in [2.45, 2.75) is 48.0 Å². The topological polar surface area (TPSA) is 256 Å². The number of para-hydroxylation sites is 2. The van der Waals surface area contributed by atoms with Crippen LogP contribution in [-0.2, 0) is 20.5 Å². The Morgan fingerprint density at radius 2 is 0.733 bits per heavy atom. The zero-order valence-electron chi connectivity index (χ0n) is 58.2. The third-order valence-corrected chi connectivity index (χ3v) is 19.2. The van der Waals surface area contributed by atoms with Crippen LogP contribution in [0.25, 0.3) is 44.1 Å². The highest BCUT2D eigenvalue weighted by Gasteiger charge is 2.37. The number of rotatable bonds is 18. The van der Waals surface area contributed by atoms with Gasteiger partial charge in [0.2, 0.25) is 11.9 Å². The Hall–Kier alpha value is -13.9. The summed E-state index contributed by atoms with van der Waals surface area (Å²) in [6.45, 7) is 11.6. The van der Waals surface area contributed by atoms with Crippen molar-refractivity contribution in [3.05, 3.63) is 317 Å². The lowest BCUT2D eigenvalue weighted by atomic mass is 9.80. The van der Waals surface area contributed by atoms with Gasteiger partial charge >= 0.3 is 12.0 Å². The van der Waals surface area contributed by atoms with E-state index in [1.54, 1.807) is 148 Å². The number of anilines is 8. The van der Waals surface area contributed by atoms with Gasteiger partial charge in [0.05, 0.1) is 51.1 Å². The molecule has 20 nitrogen and oxygen atoms in total. The number of nitrogens with one attached hydrogen (secondary N) is 4. The number of nitrogens with zero attached hydrogens (tertiary/aromatic N) is 8. The van der Waals surface area contributed by atoms with E-state index in [-0.39, 0.29) is 64.7 Å². The minimum atomic E-state index is -0.475. The molecule has 0 amide bonds. The lowest BCUT2D eigenvalue weighted by Gasteiger charge is -2.26. The number of aryl methyl sites for hydroxylation is 8. The molecule has 4 aromatic heterocycles. The van der Waals surface area contributed by atoms with Gasteiger partial charge in [0.25, 0.3) is 11.1 Å². The number of hydrogen-bond donors (Lipinski definition) is 4. The molecule has 0 saturated carbocycles. The van der Waals surface area contributed by atoms with E-state index in [0.29, 0.717) is 123 Å². The molecule has 20 heteroatoms. The maximum atomic E-state index is 15.0. The summed E-state index contributed by atoms with van der Waals surface area (Å²) in [5, 5.41) is 15.0. The highest BCUT2D eigenvalue weighted by molar-refractivity contribution is 6.32. The van der Waals surface area contributed by atoms with E-state index in [2.05, 4.69) is 21.3 Å². The highest BCUT2D eigenvalue weighted by atomic mass is 16.5. The summed E-state index contributed by atoms with van der Waals surface area (Å²) in [5.41, 5.74) is 12.3. The molecule has 14 aromatic rings. The van der Waals surface area contributed by atoms with Crippen LogP contribution < -0.4 is 41.9 Å². The Labute approximate surface area is 601 Å². The van der Waals surface area contributed by atoms with Gasteiger partial charge in [-0.25, -0.2) is 0 Å². The zero-order chi connectivity index (χ0) is 72.6. The van der Waals surface area contributed by atoms with Gasteiger partial charge in [-0.1, -0.05) is 145 Å². The van der Waals surface area contributed by atoms with Crippen molar-refractivity contribution in [2.75, 3.05) is 21.3 Å². The summed E-state index contributed by atoms with van der Waals surface area (Å²) < 4.78 is 15.5. The molecule has 10 aromatic carbocycles. The van der Waals surface area contributed by atoms with Crippen molar-refractivity contribution in [2.24, 2.45) is 14.1 Å². The van der Waals surface area contributed by atoms with Gasteiger partial charge in [0.15, 0.2) is 23.1 Å². The van der Waals surface area contributed by atoms with Crippen molar-refractivity contribution in [1.29, 1.82) is 0 Å². The van der Waals surface area contributed by atoms with Gasteiger partial charge in [0.1, 0.15) is 23.1 Å². The number of hydrogen-bond acceptors (Lipinski definition) is 18. The first kappa shape index (κ1) is 65.7. The van der Waals surface area contributed by atoms with E-state index in [9.17, 15) is 19.2 Å². The predicted octanol–water partition coefficient (Wildman–Crippen LogP) is 16.6. The van der Waals surface area contributed by atoms with E-state index in [1.165, 1.54) is 9.13 Å². The average Bonchev–Trinajstić information content (AvgIpc) is 0.712. The van der Waals surface area contributed by atoms with Gasteiger partial charge in [-0.15, -0.1) is 0 Å². The minimum absolute atomic E-state index is 0.0222. The minimum Gasteiger partial charge on any atom is -0.424 e. The molecule has 4 heterocycles. The SMILES string of the molecule is Cc1cccc(C(=O)c2c3c4c(c(Nc5cc(Nc6nc(Cc7nc(Nc8cc(Nc9ccc%10c%11c9C(=O)c9ccccc9-c%11c(C(=O)c9cccc(C)c9)c(=O)n%10C)c(C)cc8C)nc(Oc8ccccc8)n7)nc(Oc7ccccc7)n6)c(C)cc5C)ccc4n(C)c2=O)C(=O)c2ccccc2-3)c1. The van der Waals surface area contributed by atoms with Crippen LogP contribution in [0.2, 0.25) is 0 Å². The summed E-state index contributed by atoms with van der Waals surface area (Å²) in [4.78, 5) is 117. The number of pyridine rings is 2. The number of carbonyl (C=O) groups is 4. The van der Waals surface area contributed by atoms with Crippen LogP contribution in [-0.4, -0.2) is 62.2 Å². The average molecular weight is 1380 g/mol. The number of aromatic nitrogens is 8. The van der Waals surface area contributed by atoms with Crippen molar-refractivity contribution in [1.82, 2.24) is 39.0 Å². The summed E-state index contributed by atoms with van der Waals surface area (Å²) in [6, 6.07) is 61.5. The third-order valence-electron chi connectivity index (χ3n) is 19.2. The monoisotopic (exact) mass is 1380 g/mol. The third kappa shape index (κ3) is 11.9. The summed E-state index contributed by atoms with van der Waals surface area (Å²) >= 11 is 0. The highest BCUT2D eigenvalue weighted by Crippen LogP contribution is 2.47. The molecule has 16 rings (SSSR count). The number of ether oxygens (including phenoxy) is 2. The first-order chi connectivity index (χ1) is 50.8. The molecular weight excluding hydrogens is 1320 g/mol. The largest absolute Gasteiger partial charge is 0.424 e. The molecule has 0 aliphatic heterocycles. The normalized spacial score (nSPS) is 11.8. The Morgan fingerprint density at radius 1 is 0.362 bits per heavy atom. The van der Waals surface area contributed by atoms with Crippen LogP contribution in [0, 0.1) is 41.5 Å². The van der Waals surface area contributed by atoms with Gasteiger partial charge in [-0.2, -0.15) is 29.9 Å². The van der Waals surface area contributed by atoms with Crippen molar-refractivity contribution in [3.63, 3.8) is 0 Å². The number of benzene rings is 10. The lowest BCUT2D eigenvalue weighted by molar-refractivity contribution is 0.102. The van der Waals surface area contributed by atoms with Crippen molar-refractivity contribution < 1.29 is 28.7 Å². The van der Waals surface area contributed by atoms with E-state index >= 15 is 9.59 Å². The molecule has 2 aliphatic carbocycles. The Balaban J connectivity index is 0.747. The van der Waals surface area contributed by atoms with Gasteiger partial charge in [-0.3, -0.25) is 28.8 Å². The van der Waals surface area contributed by atoms with Crippen LogP contribution >= 0.6 is 0 Å². The molecule has 0 radical (unpaired) electrons. The molecule has 0 spiro atoms. The molecule has 0 atom stereocenters. The molecule has 4 N–H and O–H groups in total. The predicted molar refractivity (Wildman–Crippen MR) is 406 cm³/mol. The molecule has 105 heavy (non-hydrogen) atoms. The molecule has 512 valence electrons. The number of ketones is 4. The summed E-state index contributed by atoms with van der Waals surface area (Å²) in [5.74, 6) is 0.123. The summed E-state index contributed by atoms with van der Waals surface area (Å²) in [6.07, 6.45) is -0.0916. The second-order valence-corrected chi connectivity index (χ2v) is 26.3. The Kier molecular flexibility index (Phi) is 16.4. The molecular formula is C85H64N12O8. The first-order valence-electron chi connectivity index (χ1n) is 34.0. The van der Waals surface area contributed by atoms with Crippen molar-refractivity contribution in [3.8, 4) is 45.8 Å². The van der Waals surface area contributed by atoms with Crippen LogP contribution in [0.15, 0.2) is 216 Å². The van der Waals surface area contributed by atoms with Gasteiger partial charge < -0.3 is 39.9 Å². The van der Waals surface area contributed by atoms with E-state index in [0.717, 1.165) is 33.4 Å². The van der Waals surface area contributed by atoms with Crippen molar-refractivity contribution >= 4 is 91.0 Å². The standard InChI is InChI=1S/C85H64N12O8/c1-44-21-19-23-50(37-44)76(98)74-68-54-29-15-17-31-56(54)78(100)70-58(33-35-64(72(68)70)96(7)80(74)102)86-60-41-62(48(5)39-46(60)3)88-82-90-66(92-84(94-82)104-52-25-11-9-12-26-52)43-67-91-83(95-85(93-67)105-53-27-13-10-14-28-53)89-63-42-61(47(4)40-49(63)6)87-59-34-36-65-73-69(55-30-16-18-32-57(55)79(101)71(59)73)75(81(103)97(65)8)77(99)51-24-20-22-45(2)38-51/h9-42,86-87H,43H2,1-8H3,(H,88,90,92,94)(H,89,91,93,95). The zero-order valence-corrected chi connectivity index (χ0v) is 58.2. The van der Waals surface area contributed by atoms with E-state index in [4.69, 9.17) is 39.4 Å². The molecule has 0 fully saturated rings. The maximum Gasteiger partial charge on any atom is 0.327 e.